The lowest BCUT2D eigenvalue weighted by molar-refractivity contribution is 0.102. The Bertz CT molecular complexity index is 862. The number of carbonyl (C=O) groups excluding carboxylic acids is 1. The van der Waals surface area contributed by atoms with Crippen molar-refractivity contribution in [1.82, 2.24) is 9.78 Å². The van der Waals surface area contributed by atoms with Crippen molar-refractivity contribution in [3.63, 3.8) is 0 Å². The first kappa shape index (κ1) is 15.2. The SMILES string of the molecule is Cc1c(C(=O)Nc2ccc(Cl)cc2F)cnn1-c1ccccc1. The molecule has 0 spiro atoms. The van der Waals surface area contributed by atoms with E-state index in [2.05, 4.69) is 10.4 Å². The summed E-state index contributed by atoms with van der Waals surface area (Å²) in [4.78, 5) is 12.4. The highest BCUT2D eigenvalue weighted by Crippen LogP contribution is 2.21. The zero-order valence-electron chi connectivity index (χ0n) is 12.3. The van der Waals surface area contributed by atoms with Crippen LogP contribution in [-0.4, -0.2) is 15.7 Å². The van der Waals surface area contributed by atoms with Crippen LogP contribution >= 0.6 is 11.6 Å². The first-order valence-electron chi connectivity index (χ1n) is 6.92. The van der Waals surface area contributed by atoms with Crippen molar-refractivity contribution in [1.29, 1.82) is 0 Å². The van der Waals surface area contributed by atoms with Crippen LogP contribution in [0.5, 0.6) is 0 Å². The highest BCUT2D eigenvalue weighted by atomic mass is 35.5. The van der Waals surface area contributed by atoms with Crippen LogP contribution in [0.15, 0.2) is 54.7 Å². The summed E-state index contributed by atoms with van der Waals surface area (Å²) in [6.45, 7) is 1.78. The second-order valence-electron chi connectivity index (χ2n) is 4.97. The van der Waals surface area contributed by atoms with E-state index in [9.17, 15) is 9.18 Å². The number of halogens is 2. The quantitative estimate of drug-likeness (QED) is 0.781. The number of benzene rings is 2. The van der Waals surface area contributed by atoms with Gasteiger partial charge in [-0.3, -0.25) is 4.79 Å². The van der Waals surface area contributed by atoms with Crippen molar-refractivity contribution in [3.8, 4) is 5.69 Å². The van der Waals surface area contributed by atoms with E-state index in [1.165, 1.54) is 18.3 Å². The fourth-order valence-electron chi connectivity index (χ4n) is 2.24. The molecule has 6 heteroatoms. The predicted molar refractivity (Wildman–Crippen MR) is 87.7 cm³/mol. The lowest BCUT2D eigenvalue weighted by Crippen LogP contribution is -2.14. The van der Waals surface area contributed by atoms with Crippen molar-refractivity contribution < 1.29 is 9.18 Å². The van der Waals surface area contributed by atoms with Crippen molar-refractivity contribution in [3.05, 3.63) is 76.8 Å². The highest BCUT2D eigenvalue weighted by Gasteiger charge is 2.16. The van der Waals surface area contributed by atoms with E-state index in [1.807, 2.05) is 30.3 Å². The number of aromatic nitrogens is 2. The van der Waals surface area contributed by atoms with Gasteiger partial charge in [0.2, 0.25) is 0 Å². The van der Waals surface area contributed by atoms with Crippen LogP contribution in [0, 0.1) is 12.7 Å². The van der Waals surface area contributed by atoms with Crippen molar-refractivity contribution >= 4 is 23.2 Å². The molecule has 0 bridgehead atoms. The molecule has 0 aliphatic rings. The fraction of sp³-hybridized carbons (Fsp3) is 0.0588. The Labute approximate surface area is 137 Å². The number of amides is 1. The van der Waals surface area contributed by atoms with Gasteiger partial charge in [-0.05, 0) is 37.3 Å². The minimum absolute atomic E-state index is 0.0752. The molecule has 0 atom stereocenters. The standard InChI is InChI=1S/C17H13ClFN3O/c1-11-14(10-20-22(11)13-5-3-2-4-6-13)17(23)21-16-8-7-12(18)9-15(16)19/h2-10H,1H3,(H,21,23). The summed E-state index contributed by atoms with van der Waals surface area (Å²) in [6.07, 6.45) is 1.46. The zero-order chi connectivity index (χ0) is 16.4. The molecule has 4 nitrogen and oxygen atoms in total. The van der Waals surface area contributed by atoms with Gasteiger partial charge in [-0.25, -0.2) is 9.07 Å². The fourth-order valence-corrected chi connectivity index (χ4v) is 2.40. The van der Waals surface area contributed by atoms with E-state index >= 15 is 0 Å². The van der Waals surface area contributed by atoms with Crippen molar-refractivity contribution in [2.24, 2.45) is 0 Å². The third-order valence-corrected chi connectivity index (χ3v) is 3.67. The summed E-state index contributed by atoms with van der Waals surface area (Å²) < 4.78 is 15.4. The molecule has 2 aromatic carbocycles. The lowest BCUT2D eigenvalue weighted by Gasteiger charge is -2.07. The lowest BCUT2D eigenvalue weighted by atomic mass is 10.2. The van der Waals surface area contributed by atoms with Crippen LogP contribution in [0.3, 0.4) is 0 Å². The minimum atomic E-state index is -0.584. The number of nitrogens with one attached hydrogen (secondary N) is 1. The van der Waals surface area contributed by atoms with Gasteiger partial charge >= 0.3 is 0 Å². The van der Waals surface area contributed by atoms with E-state index in [4.69, 9.17) is 11.6 Å². The zero-order valence-corrected chi connectivity index (χ0v) is 13.0. The van der Waals surface area contributed by atoms with Gasteiger partial charge in [0, 0.05) is 5.02 Å². The molecule has 0 saturated heterocycles. The van der Waals surface area contributed by atoms with Gasteiger partial charge in [-0.2, -0.15) is 5.10 Å². The van der Waals surface area contributed by atoms with Gasteiger partial charge in [-0.15, -0.1) is 0 Å². The first-order valence-corrected chi connectivity index (χ1v) is 7.30. The van der Waals surface area contributed by atoms with Crippen molar-refractivity contribution in [2.45, 2.75) is 6.92 Å². The summed E-state index contributed by atoms with van der Waals surface area (Å²) in [6, 6.07) is 13.5. The Morgan fingerprint density at radius 3 is 2.65 bits per heavy atom. The minimum Gasteiger partial charge on any atom is -0.319 e. The number of hydrogen-bond donors (Lipinski definition) is 1. The molecule has 0 fully saturated rings. The summed E-state index contributed by atoms with van der Waals surface area (Å²) >= 11 is 5.70. The van der Waals surface area contributed by atoms with Gasteiger partial charge in [0.1, 0.15) is 5.82 Å². The number of carbonyl (C=O) groups is 1. The molecule has 116 valence electrons. The molecule has 3 rings (SSSR count). The molecule has 0 saturated carbocycles. The number of rotatable bonds is 3. The van der Waals surface area contributed by atoms with Gasteiger partial charge in [0.25, 0.3) is 5.91 Å². The second-order valence-corrected chi connectivity index (χ2v) is 5.41. The van der Waals surface area contributed by atoms with Crippen LogP contribution < -0.4 is 5.32 Å². The normalized spacial score (nSPS) is 10.6. The average molecular weight is 330 g/mol. The topological polar surface area (TPSA) is 46.9 Å². The van der Waals surface area contributed by atoms with E-state index < -0.39 is 11.7 Å². The average Bonchev–Trinajstić information content (AvgIpc) is 2.92. The summed E-state index contributed by atoms with van der Waals surface area (Å²) in [5.74, 6) is -1.01. The Hall–Kier alpha value is -2.66. The Morgan fingerprint density at radius 1 is 1.22 bits per heavy atom. The third kappa shape index (κ3) is 3.10. The van der Waals surface area contributed by atoms with Gasteiger partial charge in [0.05, 0.1) is 28.8 Å². The van der Waals surface area contributed by atoms with Crippen molar-refractivity contribution in [2.75, 3.05) is 5.32 Å². The van der Waals surface area contributed by atoms with Gasteiger partial charge in [0.15, 0.2) is 0 Å². The molecule has 1 N–H and O–H groups in total. The predicted octanol–water partition coefficient (Wildman–Crippen LogP) is 4.23. The maximum Gasteiger partial charge on any atom is 0.259 e. The molecular weight excluding hydrogens is 317 g/mol. The number of para-hydroxylation sites is 1. The maximum absolute atomic E-state index is 13.8. The molecule has 0 radical (unpaired) electrons. The molecule has 0 aliphatic heterocycles. The summed E-state index contributed by atoms with van der Waals surface area (Å²) in [7, 11) is 0. The number of anilines is 1. The molecule has 23 heavy (non-hydrogen) atoms. The van der Waals surface area contributed by atoms with Gasteiger partial charge < -0.3 is 5.32 Å². The molecule has 1 heterocycles. The van der Waals surface area contributed by atoms with Crippen LogP contribution in [0.4, 0.5) is 10.1 Å². The monoisotopic (exact) mass is 329 g/mol. The highest BCUT2D eigenvalue weighted by molar-refractivity contribution is 6.30. The maximum atomic E-state index is 13.8. The Morgan fingerprint density at radius 2 is 1.96 bits per heavy atom. The van der Waals surface area contributed by atoms with E-state index in [-0.39, 0.29) is 10.7 Å². The molecule has 0 unspecified atom stereocenters. The summed E-state index contributed by atoms with van der Waals surface area (Å²) in [5.41, 5.74) is 1.97. The third-order valence-electron chi connectivity index (χ3n) is 3.43. The Balaban J connectivity index is 1.88. The van der Waals surface area contributed by atoms with Crippen LogP contribution in [0.1, 0.15) is 16.1 Å². The van der Waals surface area contributed by atoms with E-state index in [0.29, 0.717) is 11.3 Å². The van der Waals surface area contributed by atoms with Gasteiger partial charge in [-0.1, -0.05) is 29.8 Å². The number of nitrogens with zero attached hydrogens (tertiary/aromatic N) is 2. The van der Waals surface area contributed by atoms with Crippen LogP contribution in [-0.2, 0) is 0 Å². The molecule has 3 aromatic rings. The smallest absolute Gasteiger partial charge is 0.259 e. The first-order chi connectivity index (χ1) is 11.1. The molecular formula is C17H13ClFN3O. The largest absolute Gasteiger partial charge is 0.319 e. The number of hydrogen-bond acceptors (Lipinski definition) is 2. The molecule has 1 aromatic heterocycles. The van der Waals surface area contributed by atoms with E-state index in [0.717, 1.165) is 11.8 Å². The summed E-state index contributed by atoms with van der Waals surface area (Å²) in [5, 5.41) is 7.03. The molecule has 0 aliphatic carbocycles. The second kappa shape index (κ2) is 6.22. The van der Waals surface area contributed by atoms with Crippen LogP contribution in [0.2, 0.25) is 5.02 Å². The molecule has 1 amide bonds. The Kier molecular flexibility index (Phi) is 4.12. The van der Waals surface area contributed by atoms with Crippen LogP contribution in [0.25, 0.3) is 5.69 Å². The van der Waals surface area contributed by atoms with E-state index in [1.54, 1.807) is 11.6 Å².